The zero-order valence-electron chi connectivity index (χ0n) is 11.2. The maximum Gasteiger partial charge on any atom is 0.449 e. The van der Waals surface area contributed by atoms with Crippen LogP contribution in [0.5, 0.6) is 0 Å². The lowest BCUT2D eigenvalue weighted by atomic mass is 9.78. The molecule has 1 aromatic carbocycles. The van der Waals surface area contributed by atoms with Crippen molar-refractivity contribution in [2.24, 2.45) is 0 Å². The molecule has 0 bridgehead atoms. The molecule has 1 saturated carbocycles. The lowest BCUT2D eigenvalue weighted by molar-refractivity contribution is -0.150. The first-order valence-electron chi connectivity index (χ1n) is 6.56. The van der Waals surface area contributed by atoms with E-state index in [-0.39, 0.29) is 16.6 Å². The predicted octanol–water partition coefficient (Wildman–Crippen LogP) is 3.65. The second kappa shape index (κ2) is 4.22. The average molecular weight is 298 g/mol. The Balaban J connectivity index is 2.41. The number of hydrogen-bond acceptors (Lipinski definition) is 2. The van der Waals surface area contributed by atoms with Gasteiger partial charge in [0.15, 0.2) is 0 Å². The van der Waals surface area contributed by atoms with Gasteiger partial charge >= 0.3 is 12.1 Å². The van der Waals surface area contributed by atoms with Crippen LogP contribution in [0.15, 0.2) is 18.2 Å². The van der Waals surface area contributed by atoms with Crippen LogP contribution in [0.3, 0.4) is 0 Å². The lowest BCUT2D eigenvalue weighted by Gasteiger charge is -2.41. The van der Waals surface area contributed by atoms with Gasteiger partial charge < -0.3 is 9.67 Å². The summed E-state index contributed by atoms with van der Waals surface area (Å²) >= 11 is 0. The Morgan fingerprint density at radius 1 is 1.38 bits per heavy atom. The van der Waals surface area contributed by atoms with E-state index < -0.39 is 23.5 Å². The monoisotopic (exact) mass is 298 g/mol. The van der Waals surface area contributed by atoms with Gasteiger partial charge in [-0.15, -0.1) is 0 Å². The Labute approximate surface area is 118 Å². The molecule has 0 unspecified atom stereocenters. The Morgan fingerprint density at radius 3 is 2.52 bits per heavy atom. The van der Waals surface area contributed by atoms with Crippen LogP contribution < -0.4 is 0 Å². The molecule has 0 aliphatic heterocycles. The summed E-state index contributed by atoms with van der Waals surface area (Å²) in [5.41, 5.74) is -0.760. The summed E-state index contributed by atoms with van der Waals surface area (Å²) < 4.78 is 40.9. The van der Waals surface area contributed by atoms with E-state index in [2.05, 4.69) is 4.98 Å². The molecule has 0 saturated heterocycles. The fraction of sp³-hybridized carbons (Fsp3) is 0.429. The zero-order valence-corrected chi connectivity index (χ0v) is 11.2. The summed E-state index contributed by atoms with van der Waals surface area (Å²) in [6.45, 7) is 1.71. The second-order valence-corrected chi connectivity index (χ2v) is 5.60. The number of aromatic nitrogens is 2. The molecule has 0 amide bonds. The highest BCUT2D eigenvalue weighted by atomic mass is 19.4. The number of benzene rings is 1. The Morgan fingerprint density at radius 2 is 2.05 bits per heavy atom. The number of rotatable bonds is 2. The van der Waals surface area contributed by atoms with Crippen molar-refractivity contribution in [3.05, 3.63) is 29.6 Å². The SMILES string of the molecule is CC1(n2c(C(F)(F)F)nc3cccc(C(=O)O)c32)CCC1. The van der Waals surface area contributed by atoms with Crippen molar-refractivity contribution >= 4 is 17.0 Å². The van der Waals surface area contributed by atoms with Gasteiger partial charge in [-0.2, -0.15) is 13.2 Å². The molecule has 2 aromatic rings. The lowest BCUT2D eigenvalue weighted by Crippen LogP contribution is -2.40. The molecule has 1 heterocycles. The predicted molar refractivity (Wildman–Crippen MR) is 69.2 cm³/mol. The van der Waals surface area contributed by atoms with E-state index in [0.29, 0.717) is 12.8 Å². The van der Waals surface area contributed by atoms with E-state index in [4.69, 9.17) is 0 Å². The normalized spacial score (nSPS) is 17.7. The zero-order chi connectivity index (χ0) is 15.4. The molecule has 3 rings (SSSR count). The molecular formula is C14H13F3N2O2. The van der Waals surface area contributed by atoms with Gasteiger partial charge in [0.2, 0.25) is 5.82 Å². The molecule has 1 aromatic heterocycles. The maximum atomic E-state index is 13.3. The van der Waals surface area contributed by atoms with E-state index in [9.17, 15) is 23.1 Å². The van der Waals surface area contributed by atoms with E-state index in [1.54, 1.807) is 6.92 Å². The summed E-state index contributed by atoms with van der Waals surface area (Å²) in [5, 5.41) is 9.25. The van der Waals surface area contributed by atoms with Crippen molar-refractivity contribution in [1.82, 2.24) is 9.55 Å². The Kier molecular flexibility index (Phi) is 2.80. The smallest absolute Gasteiger partial charge is 0.449 e. The summed E-state index contributed by atoms with van der Waals surface area (Å²) in [6.07, 6.45) is -2.64. The number of aromatic carboxylic acids is 1. The number of halogens is 3. The number of imidazole rings is 1. The third-order valence-electron chi connectivity index (χ3n) is 4.13. The number of nitrogens with zero attached hydrogens (tertiary/aromatic N) is 2. The highest BCUT2D eigenvalue weighted by Gasteiger charge is 2.45. The first-order chi connectivity index (χ1) is 9.74. The second-order valence-electron chi connectivity index (χ2n) is 5.60. The van der Waals surface area contributed by atoms with Crippen molar-refractivity contribution in [2.45, 2.75) is 37.9 Å². The maximum absolute atomic E-state index is 13.3. The number of hydrogen-bond donors (Lipinski definition) is 1. The molecule has 1 fully saturated rings. The van der Waals surface area contributed by atoms with Crippen molar-refractivity contribution < 1.29 is 23.1 Å². The van der Waals surface area contributed by atoms with Crippen molar-refractivity contribution in [3.8, 4) is 0 Å². The topological polar surface area (TPSA) is 55.1 Å². The minimum absolute atomic E-state index is 0.0551. The van der Waals surface area contributed by atoms with Gasteiger partial charge in [0, 0.05) is 5.54 Å². The molecule has 112 valence electrons. The fourth-order valence-corrected chi connectivity index (χ4v) is 2.93. The van der Waals surface area contributed by atoms with Gasteiger partial charge in [-0.05, 0) is 38.3 Å². The molecule has 0 radical (unpaired) electrons. The van der Waals surface area contributed by atoms with E-state index in [0.717, 1.165) is 11.0 Å². The first kappa shape index (κ1) is 13.9. The largest absolute Gasteiger partial charge is 0.478 e. The van der Waals surface area contributed by atoms with Crippen LogP contribution in [0.2, 0.25) is 0 Å². The molecule has 1 aliphatic rings. The van der Waals surface area contributed by atoms with E-state index >= 15 is 0 Å². The minimum atomic E-state index is -4.62. The first-order valence-corrected chi connectivity index (χ1v) is 6.56. The minimum Gasteiger partial charge on any atom is -0.478 e. The summed E-state index contributed by atoms with van der Waals surface area (Å²) in [6, 6.07) is 4.13. The molecular weight excluding hydrogens is 285 g/mol. The van der Waals surface area contributed by atoms with Gasteiger partial charge in [0.1, 0.15) is 0 Å². The van der Waals surface area contributed by atoms with Gasteiger partial charge in [0.05, 0.1) is 16.6 Å². The highest BCUT2D eigenvalue weighted by molar-refractivity contribution is 6.01. The molecule has 4 nitrogen and oxygen atoms in total. The molecule has 0 atom stereocenters. The number of carboxylic acids is 1. The average Bonchev–Trinajstić information content (AvgIpc) is 2.75. The Bertz CT molecular complexity index is 730. The van der Waals surface area contributed by atoms with Gasteiger partial charge in [0.25, 0.3) is 0 Å². The standard InChI is InChI=1S/C14H13F3N2O2/c1-13(6-3-7-13)19-10-8(11(20)21)4-2-5-9(10)18-12(19)14(15,16)17/h2,4-5H,3,6-7H2,1H3,(H,20,21). The highest BCUT2D eigenvalue weighted by Crippen LogP contribution is 2.45. The molecule has 21 heavy (non-hydrogen) atoms. The van der Waals surface area contributed by atoms with Crippen LogP contribution in [-0.2, 0) is 11.7 Å². The quantitative estimate of drug-likeness (QED) is 0.920. The van der Waals surface area contributed by atoms with Gasteiger partial charge in [-0.3, -0.25) is 0 Å². The number of alkyl halides is 3. The van der Waals surface area contributed by atoms with Crippen LogP contribution >= 0.6 is 0 Å². The third kappa shape index (κ3) is 1.99. The van der Waals surface area contributed by atoms with Crippen LogP contribution in [0.4, 0.5) is 13.2 Å². The van der Waals surface area contributed by atoms with Crippen LogP contribution in [0.25, 0.3) is 11.0 Å². The van der Waals surface area contributed by atoms with E-state index in [1.165, 1.54) is 18.2 Å². The molecule has 1 N–H and O–H groups in total. The van der Waals surface area contributed by atoms with Crippen molar-refractivity contribution in [2.75, 3.05) is 0 Å². The third-order valence-corrected chi connectivity index (χ3v) is 4.13. The molecule has 7 heteroatoms. The Hall–Kier alpha value is -2.05. The fourth-order valence-electron chi connectivity index (χ4n) is 2.93. The number of fused-ring (bicyclic) bond motifs is 1. The summed E-state index contributed by atoms with van der Waals surface area (Å²) in [7, 11) is 0. The van der Waals surface area contributed by atoms with Gasteiger partial charge in [-0.25, -0.2) is 9.78 Å². The number of carboxylic acid groups (broad SMARTS) is 1. The van der Waals surface area contributed by atoms with Crippen LogP contribution in [-0.4, -0.2) is 20.6 Å². The van der Waals surface area contributed by atoms with Crippen LogP contribution in [0, 0.1) is 0 Å². The van der Waals surface area contributed by atoms with E-state index in [1.807, 2.05) is 0 Å². The summed E-state index contributed by atoms with van der Waals surface area (Å²) in [4.78, 5) is 15.0. The van der Waals surface area contributed by atoms with Crippen molar-refractivity contribution in [1.29, 1.82) is 0 Å². The van der Waals surface area contributed by atoms with Crippen LogP contribution in [0.1, 0.15) is 42.4 Å². The molecule has 0 spiro atoms. The summed E-state index contributed by atoms with van der Waals surface area (Å²) in [5.74, 6) is -2.27. The number of carbonyl (C=O) groups is 1. The van der Waals surface area contributed by atoms with Gasteiger partial charge in [-0.1, -0.05) is 6.07 Å². The molecule has 1 aliphatic carbocycles. The van der Waals surface area contributed by atoms with Crippen molar-refractivity contribution in [3.63, 3.8) is 0 Å². The number of para-hydroxylation sites is 1.